The first-order chi connectivity index (χ1) is 27.9. The van der Waals surface area contributed by atoms with Crippen LogP contribution >= 0.6 is 0 Å². The van der Waals surface area contributed by atoms with Gasteiger partial charge in [-0.3, -0.25) is 0 Å². The lowest BCUT2D eigenvalue weighted by Gasteiger charge is -2.23. The standard InChI is InChI=1S/C48H30F12/c1-23-9-27(17-31(13-23)45(49,50)51)39-21-40(28-10-24(2)14-32(18-28)46(52,53)54)36-7-8-38-42(30-12-26(4)16-34(20-30)48(58,59)60)22-41(37-6-5-35(39)43(36)44(37)38)29-11-25(3)15-33(19-29)47(55,56)57/h5-22H,1-4H3. The van der Waals surface area contributed by atoms with Crippen LogP contribution in [0.2, 0.25) is 0 Å². The van der Waals surface area contributed by atoms with Gasteiger partial charge in [-0.2, -0.15) is 52.7 Å². The summed E-state index contributed by atoms with van der Waals surface area (Å²) in [6.07, 6.45) is -19.0. The van der Waals surface area contributed by atoms with Crippen molar-refractivity contribution in [3.63, 3.8) is 0 Å². The normalized spacial score (nSPS) is 13.0. The minimum Gasteiger partial charge on any atom is -0.166 e. The number of aryl methyl sites for hydroxylation is 4. The summed E-state index contributed by atoms with van der Waals surface area (Å²) in [5.74, 6) is 0. The summed E-state index contributed by atoms with van der Waals surface area (Å²) >= 11 is 0. The van der Waals surface area contributed by atoms with Gasteiger partial charge < -0.3 is 0 Å². The molecule has 8 aromatic carbocycles. The molecule has 0 saturated carbocycles. The molecular weight excluding hydrogens is 805 g/mol. The Labute approximate surface area is 335 Å². The summed E-state index contributed by atoms with van der Waals surface area (Å²) in [6, 6.07) is 23.1. The highest BCUT2D eigenvalue weighted by Crippen LogP contribution is 2.50. The molecule has 8 rings (SSSR count). The minimum atomic E-state index is -4.76. The van der Waals surface area contributed by atoms with Gasteiger partial charge >= 0.3 is 24.7 Å². The number of halogens is 12. The van der Waals surface area contributed by atoms with E-state index in [1.54, 1.807) is 24.3 Å². The van der Waals surface area contributed by atoms with E-state index in [1.807, 2.05) is 0 Å². The second-order valence-electron chi connectivity index (χ2n) is 15.4. The van der Waals surface area contributed by atoms with Gasteiger partial charge in [0.05, 0.1) is 22.3 Å². The number of hydrogen-bond acceptors (Lipinski definition) is 0. The fourth-order valence-corrected chi connectivity index (χ4v) is 8.36. The predicted molar refractivity (Wildman–Crippen MR) is 211 cm³/mol. The van der Waals surface area contributed by atoms with Gasteiger partial charge in [0.1, 0.15) is 0 Å². The maximum atomic E-state index is 14.3. The molecule has 0 aliphatic rings. The van der Waals surface area contributed by atoms with Gasteiger partial charge in [-0.25, -0.2) is 0 Å². The molecular formula is C48H30F12. The second kappa shape index (κ2) is 13.8. The van der Waals surface area contributed by atoms with Crippen molar-refractivity contribution < 1.29 is 52.7 Å². The molecule has 0 spiro atoms. The van der Waals surface area contributed by atoms with Crippen molar-refractivity contribution in [3.05, 3.63) is 154 Å². The second-order valence-corrected chi connectivity index (χ2v) is 15.4. The van der Waals surface area contributed by atoms with Crippen LogP contribution in [-0.4, -0.2) is 0 Å². The summed E-state index contributed by atoms with van der Waals surface area (Å²) in [4.78, 5) is 0. The molecule has 12 heteroatoms. The summed E-state index contributed by atoms with van der Waals surface area (Å²) in [7, 11) is 0. The molecule has 0 saturated heterocycles. The zero-order valence-electron chi connectivity index (χ0n) is 31.9. The smallest absolute Gasteiger partial charge is 0.166 e. The van der Waals surface area contributed by atoms with E-state index in [1.165, 1.54) is 64.1 Å². The maximum Gasteiger partial charge on any atom is 0.416 e. The van der Waals surface area contributed by atoms with E-state index < -0.39 is 47.0 Å². The number of benzene rings is 8. The summed E-state index contributed by atoms with van der Waals surface area (Å²) in [5, 5.41) is 2.13. The Hall–Kier alpha value is -6.04. The SMILES string of the molecule is Cc1cc(-c2cc(-c3cc(C)cc(C(F)(F)F)c3)c3ccc4c(-c5cc(C)cc(C(F)(F)F)c5)cc(-c5cc(C)cc(C(F)(F)F)c5)c5ccc2c3c54)cc(C(F)(F)F)c1. The Morgan fingerprint density at radius 3 is 0.650 bits per heavy atom. The Morgan fingerprint density at radius 1 is 0.267 bits per heavy atom. The molecule has 0 unspecified atom stereocenters. The molecule has 0 aromatic heterocycles. The van der Waals surface area contributed by atoms with Crippen molar-refractivity contribution in [1.29, 1.82) is 0 Å². The average molecular weight is 835 g/mol. The Balaban J connectivity index is 1.60. The number of rotatable bonds is 4. The van der Waals surface area contributed by atoms with Gasteiger partial charge in [-0.1, -0.05) is 48.5 Å². The van der Waals surface area contributed by atoms with Crippen molar-refractivity contribution in [2.45, 2.75) is 52.4 Å². The van der Waals surface area contributed by atoms with Crippen molar-refractivity contribution in [1.82, 2.24) is 0 Å². The predicted octanol–water partition coefficient (Wildman–Crippen LogP) is 16.6. The van der Waals surface area contributed by atoms with E-state index in [0.717, 1.165) is 48.5 Å². The first-order valence-electron chi connectivity index (χ1n) is 18.4. The van der Waals surface area contributed by atoms with Crippen LogP contribution in [0.25, 0.3) is 76.8 Å². The van der Waals surface area contributed by atoms with Gasteiger partial charge in [0.25, 0.3) is 0 Å². The zero-order chi connectivity index (χ0) is 43.4. The fourth-order valence-electron chi connectivity index (χ4n) is 8.36. The molecule has 0 N–H and O–H groups in total. The van der Waals surface area contributed by atoms with Crippen molar-refractivity contribution >= 4 is 32.3 Å². The summed E-state index contributed by atoms with van der Waals surface area (Å²) in [6.45, 7) is 5.88. The van der Waals surface area contributed by atoms with E-state index >= 15 is 0 Å². The molecule has 0 fully saturated rings. The van der Waals surface area contributed by atoms with Gasteiger partial charge in [0.15, 0.2) is 0 Å². The quantitative estimate of drug-likeness (QED) is 0.122. The largest absolute Gasteiger partial charge is 0.416 e. The Morgan fingerprint density at radius 2 is 0.467 bits per heavy atom. The van der Waals surface area contributed by atoms with Gasteiger partial charge in [0.2, 0.25) is 0 Å². The van der Waals surface area contributed by atoms with Crippen LogP contribution in [0.3, 0.4) is 0 Å². The Bertz CT molecular complexity index is 2610. The molecule has 60 heavy (non-hydrogen) atoms. The molecule has 0 heterocycles. The summed E-state index contributed by atoms with van der Waals surface area (Å²) < 4.78 is 171. The van der Waals surface area contributed by atoms with Gasteiger partial charge in [0, 0.05) is 0 Å². The van der Waals surface area contributed by atoms with Crippen LogP contribution in [0.15, 0.2) is 109 Å². The highest BCUT2D eigenvalue weighted by Gasteiger charge is 2.35. The Kier molecular flexibility index (Phi) is 9.34. The molecule has 0 bridgehead atoms. The van der Waals surface area contributed by atoms with Crippen molar-refractivity contribution in [3.8, 4) is 44.5 Å². The van der Waals surface area contributed by atoms with Crippen LogP contribution in [0.4, 0.5) is 52.7 Å². The first kappa shape index (κ1) is 40.7. The molecule has 0 aliphatic carbocycles. The molecule has 8 aromatic rings. The molecule has 0 radical (unpaired) electrons. The van der Waals surface area contributed by atoms with E-state index in [9.17, 15) is 52.7 Å². The van der Waals surface area contributed by atoms with Crippen LogP contribution in [0.5, 0.6) is 0 Å². The van der Waals surface area contributed by atoms with Gasteiger partial charge in [-0.15, -0.1) is 0 Å². The molecule has 0 aliphatic heterocycles. The lowest BCUT2D eigenvalue weighted by Crippen LogP contribution is -2.06. The first-order valence-corrected chi connectivity index (χ1v) is 18.4. The molecule has 306 valence electrons. The van der Waals surface area contributed by atoms with E-state index in [0.29, 0.717) is 32.3 Å². The monoisotopic (exact) mass is 834 g/mol. The topological polar surface area (TPSA) is 0 Å². The lowest BCUT2D eigenvalue weighted by molar-refractivity contribution is -0.138. The zero-order valence-corrected chi connectivity index (χ0v) is 31.9. The highest BCUT2D eigenvalue weighted by atomic mass is 19.4. The third-order valence-corrected chi connectivity index (χ3v) is 10.8. The van der Waals surface area contributed by atoms with Crippen molar-refractivity contribution in [2.24, 2.45) is 0 Å². The summed E-state index contributed by atoms with van der Waals surface area (Å²) in [5.41, 5.74) is -1.68. The fraction of sp³-hybridized carbons (Fsp3) is 0.167. The van der Waals surface area contributed by atoms with Crippen LogP contribution < -0.4 is 0 Å². The van der Waals surface area contributed by atoms with E-state index in [2.05, 4.69) is 0 Å². The lowest BCUT2D eigenvalue weighted by atomic mass is 9.81. The van der Waals surface area contributed by atoms with Crippen molar-refractivity contribution in [2.75, 3.05) is 0 Å². The molecule has 0 atom stereocenters. The third kappa shape index (κ3) is 7.30. The number of hydrogen-bond donors (Lipinski definition) is 0. The minimum absolute atomic E-state index is 0.0904. The third-order valence-electron chi connectivity index (χ3n) is 10.8. The van der Waals surface area contributed by atoms with E-state index in [-0.39, 0.29) is 66.8 Å². The molecule has 0 amide bonds. The van der Waals surface area contributed by atoms with Crippen LogP contribution in [0, 0.1) is 27.7 Å². The highest BCUT2D eigenvalue weighted by molar-refractivity contribution is 6.32. The van der Waals surface area contributed by atoms with E-state index in [4.69, 9.17) is 0 Å². The number of alkyl halides is 12. The van der Waals surface area contributed by atoms with Crippen LogP contribution in [0.1, 0.15) is 44.5 Å². The molecule has 0 nitrogen and oxygen atoms in total. The maximum absolute atomic E-state index is 14.3. The average Bonchev–Trinajstić information content (AvgIpc) is 3.14. The van der Waals surface area contributed by atoms with Gasteiger partial charge in [-0.05, 0) is 187 Å². The van der Waals surface area contributed by atoms with Crippen LogP contribution in [-0.2, 0) is 24.7 Å².